The van der Waals surface area contributed by atoms with E-state index in [1.165, 1.54) is 5.56 Å². The van der Waals surface area contributed by atoms with Gasteiger partial charge in [0.05, 0.1) is 11.6 Å². The Morgan fingerprint density at radius 2 is 1.63 bits per heavy atom. The highest BCUT2D eigenvalue weighted by Gasteiger charge is 2.22. The number of aliphatic carboxylic acids is 1. The fourth-order valence-electron chi connectivity index (χ4n) is 4.70. The van der Waals surface area contributed by atoms with Crippen molar-refractivity contribution in [2.75, 3.05) is 0 Å². The van der Waals surface area contributed by atoms with Gasteiger partial charge in [-0.15, -0.1) is 0 Å². The molecule has 0 saturated carbocycles. The molecule has 1 aliphatic rings. The van der Waals surface area contributed by atoms with E-state index in [0.717, 1.165) is 42.4 Å². The van der Waals surface area contributed by atoms with E-state index >= 15 is 0 Å². The molecule has 0 fully saturated rings. The number of carboxylic acid groups (broad SMARTS) is 1. The molecule has 35 heavy (non-hydrogen) atoms. The van der Waals surface area contributed by atoms with Crippen LogP contribution in [-0.2, 0) is 24.1 Å². The molecule has 0 unspecified atom stereocenters. The minimum absolute atomic E-state index is 0.101. The van der Waals surface area contributed by atoms with Crippen LogP contribution in [0.1, 0.15) is 52.5 Å². The van der Waals surface area contributed by atoms with E-state index in [9.17, 15) is 9.90 Å². The second kappa shape index (κ2) is 10.4. The van der Waals surface area contributed by atoms with Crippen LogP contribution in [0, 0.1) is 0 Å². The quantitative estimate of drug-likeness (QED) is 0.243. The Balaban J connectivity index is 1.39. The number of aromatic nitrogens is 1. The summed E-state index contributed by atoms with van der Waals surface area (Å²) in [6.45, 7) is 0. The first-order chi connectivity index (χ1) is 17.2. The van der Waals surface area contributed by atoms with Crippen molar-refractivity contribution in [3.05, 3.63) is 130 Å². The minimum atomic E-state index is -1.10. The number of carboxylic acids is 1. The summed E-state index contributed by atoms with van der Waals surface area (Å²) in [6.07, 6.45) is 6.00. The lowest BCUT2D eigenvalue weighted by atomic mass is 9.89. The van der Waals surface area contributed by atoms with E-state index in [0.29, 0.717) is 17.2 Å². The number of nitrogens with zero attached hydrogens (tertiary/aromatic N) is 1. The van der Waals surface area contributed by atoms with Crippen molar-refractivity contribution in [2.45, 2.75) is 38.0 Å². The van der Waals surface area contributed by atoms with Gasteiger partial charge in [-0.1, -0.05) is 78.0 Å². The Hall–Kier alpha value is -4.12. The Morgan fingerprint density at radius 1 is 0.943 bits per heavy atom. The molecule has 0 aliphatic heterocycles. The number of aryl methyl sites for hydroxylation is 1. The molecule has 5 rings (SSSR count). The van der Waals surface area contributed by atoms with Gasteiger partial charge in [-0.25, -0.2) is 4.79 Å². The lowest BCUT2D eigenvalue weighted by Gasteiger charge is -2.19. The molecule has 1 heterocycles. The molecule has 1 N–H and O–H groups in total. The number of hydrogen-bond donors (Lipinski definition) is 1. The first kappa shape index (κ1) is 22.7. The number of hydrogen-bond acceptors (Lipinski definition) is 4. The maximum Gasteiger partial charge on any atom is 0.371 e. The molecular formula is C30H27NO4. The van der Waals surface area contributed by atoms with Crippen LogP contribution >= 0.6 is 0 Å². The molecule has 0 radical (unpaired) electrons. The molecule has 1 aromatic heterocycles. The highest BCUT2D eigenvalue weighted by molar-refractivity contribution is 5.85. The monoisotopic (exact) mass is 465 g/mol. The second-order valence-electron chi connectivity index (χ2n) is 8.76. The van der Waals surface area contributed by atoms with Gasteiger partial charge < -0.3 is 14.4 Å². The van der Waals surface area contributed by atoms with Gasteiger partial charge in [-0.2, -0.15) is 0 Å². The lowest BCUT2D eigenvalue weighted by Crippen LogP contribution is -2.11. The molecule has 0 saturated heterocycles. The van der Waals surface area contributed by atoms with Crippen molar-refractivity contribution in [3.8, 4) is 5.75 Å². The summed E-state index contributed by atoms with van der Waals surface area (Å²) in [5.74, 6) is 0.0315. The van der Waals surface area contributed by atoms with E-state index in [1.54, 1.807) is 6.08 Å². The predicted molar refractivity (Wildman–Crippen MR) is 133 cm³/mol. The van der Waals surface area contributed by atoms with E-state index in [-0.39, 0.29) is 18.1 Å². The van der Waals surface area contributed by atoms with Gasteiger partial charge in [0.2, 0.25) is 5.76 Å². The molecule has 0 atom stereocenters. The molecule has 0 bridgehead atoms. The molecule has 3 aromatic carbocycles. The zero-order valence-corrected chi connectivity index (χ0v) is 19.4. The number of carbonyl (C=O) groups is 1. The highest BCUT2D eigenvalue weighted by atomic mass is 16.5. The number of rotatable bonds is 8. The van der Waals surface area contributed by atoms with Gasteiger partial charge in [0, 0.05) is 12.5 Å². The van der Waals surface area contributed by atoms with Gasteiger partial charge in [0.1, 0.15) is 11.5 Å². The largest absolute Gasteiger partial charge is 0.475 e. The van der Waals surface area contributed by atoms with Crippen molar-refractivity contribution < 1.29 is 19.2 Å². The third kappa shape index (κ3) is 5.19. The first-order valence-electron chi connectivity index (χ1n) is 12.0. The minimum Gasteiger partial charge on any atom is -0.475 e. The predicted octanol–water partition coefficient (Wildman–Crippen LogP) is 6.32. The van der Waals surface area contributed by atoms with Crippen LogP contribution in [-0.4, -0.2) is 16.2 Å². The average molecular weight is 466 g/mol. The van der Waals surface area contributed by atoms with Crippen LogP contribution in [0.5, 0.6) is 5.75 Å². The van der Waals surface area contributed by atoms with E-state index in [2.05, 4.69) is 35.5 Å². The zero-order valence-electron chi connectivity index (χ0n) is 19.4. The third-order valence-electron chi connectivity index (χ3n) is 6.41. The summed E-state index contributed by atoms with van der Waals surface area (Å²) in [7, 11) is 0. The van der Waals surface area contributed by atoms with Crippen LogP contribution in [0.25, 0.3) is 0 Å². The Morgan fingerprint density at radius 3 is 2.31 bits per heavy atom. The van der Waals surface area contributed by atoms with Crippen LogP contribution in [0.3, 0.4) is 0 Å². The molecule has 5 heteroatoms. The smallest absolute Gasteiger partial charge is 0.371 e. The zero-order chi connectivity index (χ0) is 24.0. The van der Waals surface area contributed by atoms with Gasteiger partial charge in [-0.05, 0) is 60.1 Å². The van der Waals surface area contributed by atoms with Crippen molar-refractivity contribution in [3.63, 3.8) is 0 Å². The normalized spacial score (nSPS) is 13.5. The maximum atomic E-state index is 11.9. The van der Waals surface area contributed by atoms with Crippen molar-refractivity contribution in [2.24, 2.45) is 0 Å². The molecule has 1 aliphatic carbocycles. The van der Waals surface area contributed by atoms with Gasteiger partial charge >= 0.3 is 5.97 Å². The Bertz CT molecular complexity index is 1290. The Kier molecular flexibility index (Phi) is 6.75. The number of ether oxygens (including phenoxy) is 1. The Labute approximate surface area is 204 Å². The molecule has 0 spiro atoms. The van der Waals surface area contributed by atoms with E-state index < -0.39 is 5.97 Å². The maximum absolute atomic E-state index is 11.9. The number of fused-ring (bicyclic) bond motifs is 1. The van der Waals surface area contributed by atoms with Crippen molar-refractivity contribution in [1.29, 1.82) is 0 Å². The van der Waals surface area contributed by atoms with Crippen molar-refractivity contribution >= 4 is 5.97 Å². The molecule has 176 valence electrons. The fraction of sp³-hybridized carbons (Fsp3) is 0.200. The fourth-order valence-corrected chi connectivity index (χ4v) is 4.70. The van der Waals surface area contributed by atoms with Gasteiger partial charge in [0.15, 0.2) is 0 Å². The molecule has 0 amide bonds. The summed E-state index contributed by atoms with van der Waals surface area (Å²) in [6, 6.07) is 28.0. The first-order valence-corrected chi connectivity index (χ1v) is 12.0. The molecule has 5 nitrogen and oxygen atoms in total. The highest BCUT2D eigenvalue weighted by Crippen LogP contribution is 2.33. The summed E-state index contributed by atoms with van der Waals surface area (Å²) >= 11 is 0. The number of benzene rings is 3. The summed E-state index contributed by atoms with van der Waals surface area (Å²) in [5.41, 5.74) is 5.20. The number of allylic oxidation sites excluding steroid dienone is 1. The molecular weight excluding hydrogens is 438 g/mol. The van der Waals surface area contributed by atoms with E-state index in [4.69, 9.17) is 9.26 Å². The average Bonchev–Trinajstić information content (AvgIpc) is 3.36. The van der Waals surface area contributed by atoms with E-state index in [1.807, 2.05) is 54.6 Å². The summed E-state index contributed by atoms with van der Waals surface area (Å²) < 4.78 is 11.6. The summed E-state index contributed by atoms with van der Waals surface area (Å²) in [5, 5.41) is 14.0. The third-order valence-corrected chi connectivity index (χ3v) is 6.41. The van der Waals surface area contributed by atoms with Gasteiger partial charge in [-0.3, -0.25) is 0 Å². The van der Waals surface area contributed by atoms with Crippen LogP contribution in [0.2, 0.25) is 0 Å². The second-order valence-corrected chi connectivity index (χ2v) is 8.76. The van der Waals surface area contributed by atoms with Crippen LogP contribution in [0.15, 0.2) is 101 Å². The SMILES string of the molecule is O=C(O)C(=CCc1cc(C(c2ccccc2)c2ccccc2)on1)Oc1cccc2c1CCCC2. The lowest BCUT2D eigenvalue weighted by molar-refractivity contribution is -0.135. The van der Waals surface area contributed by atoms with Gasteiger partial charge in [0.25, 0.3) is 0 Å². The molecule has 4 aromatic rings. The topological polar surface area (TPSA) is 72.6 Å². The standard InChI is InChI=1S/C30H27NO4/c32-30(33)27(34-26-17-9-15-21-10-7-8-16-25(21)26)19-18-24-20-28(35-31-24)29(22-11-3-1-4-12-22)23-13-5-2-6-14-23/h1-6,9,11-15,17,19-20,29H,7-8,10,16,18H2,(H,32,33). The van der Waals surface area contributed by atoms with Crippen LogP contribution in [0.4, 0.5) is 0 Å². The van der Waals surface area contributed by atoms with Crippen molar-refractivity contribution in [1.82, 2.24) is 5.16 Å². The van der Waals surface area contributed by atoms with Crippen LogP contribution < -0.4 is 4.74 Å². The summed E-state index contributed by atoms with van der Waals surface area (Å²) in [4.78, 5) is 11.9.